The number of hydrogen-bond donors (Lipinski definition) is 1. The van der Waals surface area contributed by atoms with Crippen molar-refractivity contribution in [3.05, 3.63) is 29.8 Å². The molecule has 2 rings (SSSR count). The summed E-state index contributed by atoms with van der Waals surface area (Å²) >= 11 is 5.03. The molecule has 0 aliphatic heterocycles. The molecule has 96 valence electrons. The van der Waals surface area contributed by atoms with Crippen molar-refractivity contribution in [3.63, 3.8) is 0 Å². The monoisotopic (exact) mass is 262 g/mol. The van der Waals surface area contributed by atoms with E-state index in [1.807, 2.05) is 24.3 Å². The number of rotatable bonds is 3. The van der Waals surface area contributed by atoms with Gasteiger partial charge in [0.25, 0.3) is 0 Å². The van der Waals surface area contributed by atoms with Gasteiger partial charge in [0.2, 0.25) is 5.91 Å². The molecule has 0 saturated heterocycles. The van der Waals surface area contributed by atoms with Gasteiger partial charge < -0.3 is 10.6 Å². The lowest BCUT2D eigenvalue weighted by atomic mass is 10.1. The molecule has 1 aliphatic rings. The molecule has 1 amide bonds. The van der Waals surface area contributed by atoms with Crippen molar-refractivity contribution in [1.82, 2.24) is 0 Å². The summed E-state index contributed by atoms with van der Waals surface area (Å²) in [6.45, 7) is 0. The van der Waals surface area contributed by atoms with Crippen molar-refractivity contribution >= 4 is 28.8 Å². The Morgan fingerprint density at radius 3 is 2.56 bits per heavy atom. The fourth-order valence-corrected chi connectivity index (χ4v) is 2.71. The van der Waals surface area contributed by atoms with Gasteiger partial charge in [0.15, 0.2) is 0 Å². The van der Waals surface area contributed by atoms with Gasteiger partial charge in [0, 0.05) is 18.5 Å². The third kappa shape index (κ3) is 2.53. The summed E-state index contributed by atoms with van der Waals surface area (Å²) in [5, 5.41) is 0. The minimum atomic E-state index is 0.161. The van der Waals surface area contributed by atoms with Crippen LogP contribution in [-0.2, 0) is 4.79 Å². The molecule has 0 radical (unpaired) electrons. The van der Waals surface area contributed by atoms with Gasteiger partial charge >= 0.3 is 0 Å². The van der Waals surface area contributed by atoms with Gasteiger partial charge in [0.05, 0.1) is 5.69 Å². The molecular formula is C14H18N2OS. The number of carbonyl (C=O) groups is 1. The summed E-state index contributed by atoms with van der Waals surface area (Å²) in [7, 11) is 1.80. The molecule has 18 heavy (non-hydrogen) atoms. The maximum atomic E-state index is 12.4. The van der Waals surface area contributed by atoms with E-state index >= 15 is 0 Å². The van der Waals surface area contributed by atoms with Crippen LogP contribution in [0.4, 0.5) is 5.69 Å². The van der Waals surface area contributed by atoms with Gasteiger partial charge in [-0.05, 0) is 25.0 Å². The van der Waals surface area contributed by atoms with Crippen molar-refractivity contribution in [3.8, 4) is 0 Å². The first-order valence-corrected chi connectivity index (χ1v) is 6.68. The van der Waals surface area contributed by atoms with E-state index in [1.165, 1.54) is 0 Å². The number of amides is 1. The SMILES string of the molecule is CN(C(=O)C1CCCC1)c1ccccc1C(N)=S. The molecule has 4 heteroatoms. The van der Waals surface area contributed by atoms with Gasteiger partial charge in [-0.15, -0.1) is 0 Å². The summed E-state index contributed by atoms with van der Waals surface area (Å²) in [5.74, 6) is 0.339. The number of carbonyl (C=O) groups excluding carboxylic acids is 1. The fraction of sp³-hybridized carbons (Fsp3) is 0.429. The molecular weight excluding hydrogens is 244 g/mol. The van der Waals surface area contributed by atoms with Crippen molar-refractivity contribution in [2.45, 2.75) is 25.7 Å². The summed E-state index contributed by atoms with van der Waals surface area (Å²) in [4.78, 5) is 14.4. The molecule has 0 aromatic heterocycles. The van der Waals surface area contributed by atoms with E-state index in [0.717, 1.165) is 36.9 Å². The van der Waals surface area contributed by atoms with E-state index in [9.17, 15) is 4.79 Å². The predicted octanol–water partition coefficient (Wildman–Crippen LogP) is 2.47. The Bertz CT molecular complexity index is 467. The van der Waals surface area contributed by atoms with Crippen molar-refractivity contribution < 1.29 is 4.79 Å². The van der Waals surface area contributed by atoms with E-state index in [1.54, 1.807) is 11.9 Å². The largest absolute Gasteiger partial charge is 0.389 e. The maximum absolute atomic E-state index is 12.4. The van der Waals surface area contributed by atoms with Crippen LogP contribution in [0.3, 0.4) is 0 Å². The van der Waals surface area contributed by atoms with Crippen LogP contribution in [0.1, 0.15) is 31.2 Å². The molecule has 1 aromatic rings. The fourth-order valence-electron chi connectivity index (χ4n) is 2.54. The van der Waals surface area contributed by atoms with Gasteiger partial charge in [-0.2, -0.15) is 0 Å². The van der Waals surface area contributed by atoms with Crippen molar-refractivity contribution in [2.24, 2.45) is 11.7 Å². The summed E-state index contributed by atoms with van der Waals surface area (Å²) in [5.41, 5.74) is 7.27. The smallest absolute Gasteiger partial charge is 0.229 e. The van der Waals surface area contributed by atoms with Crippen LogP contribution in [0.15, 0.2) is 24.3 Å². The highest BCUT2D eigenvalue weighted by molar-refractivity contribution is 7.80. The third-order valence-electron chi connectivity index (χ3n) is 3.57. The van der Waals surface area contributed by atoms with Crippen LogP contribution >= 0.6 is 12.2 Å². The highest BCUT2D eigenvalue weighted by atomic mass is 32.1. The number of hydrogen-bond acceptors (Lipinski definition) is 2. The number of anilines is 1. The number of nitrogens with two attached hydrogens (primary N) is 1. The minimum absolute atomic E-state index is 0.161. The van der Waals surface area contributed by atoms with Crippen LogP contribution in [0.2, 0.25) is 0 Å². The van der Waals surface area contributed by atoms with Crippen molar-refractivity contribution in [2.75, 3.05) is 11.9 Å². The second kappa shape index (κ2) is 5.48. The average molecular weight is 262 g/mol. The summed E-state index contributed by atoms with van der Waals surface area (Å²) < 4.78 is 0. The Morgan fingerprint density at radius 1 is 1.33 bits per heavy atom. The van der Waals surface area contributed by atoms with E-state index in [2.05, 4.69) is 0 Å². The summed E-state index contributed by atoms with van der Waals surface area (Å²) in [6.07, 6.45) is 4.30. The molecule has 1 aromatic carbocycles. The highest BCUT2D eigenvalue weighted by Gasteiger charge is 2.27. The molecule has 2 N–H and O–H groups in total. The first-order valence-electron chi connectivity index (χ1n) is 6.27. The molecule has 0 unspecified atom stereocenters. The van der Waals surface area contributed by atoms with E-state index in [0.29, 0.717) is 4.99 Å². The number of para-hydroxylation sites is 1. The second-order valence-electron chi connectivity index (χ2n) is 4.76. The maximum Gasteiger partial charge on any atom is 0.229 e. The molecule has 0 bridgehead atoms. The zero-order chi connectivity index (χ0) is 13.1. The number of nitrogens with zero attached hydrogens (tertiary/aromatic N) is 1. The normalized spacial score (nSPS) is 15.6. The second-order valence-corrected chi connectivity index (χ2v) is 5.20. The zero-order valence-electron chi connectivity index (χ0n) is 10.6. The Labute approximate surface area is 113 Å². The van der Waals surface area contributed by atoms with E-state index in [4.69, 9.17) is 18.0 Å². The zero-order valence-corrected chi connectivity index (χ0v) is 11.4. The molecule has 0 heterocycles. The molecule has 1 saturated carbocycles. The first kappa shape index (κ1) is 13.0. The van der Waals surface area contributed by atoms with Gasteiger partial charge in [0.1, 0.15) is 4.99 Å². The van der Waals surface area contributed by atoms with Gasteiger partial charge in [-0.3, -0.25) is 4.79 Å². The lowest BCUT2D eigenvalue weighted by molar-refractivity contribution is -0.121. The van der Waals surface area contributed by atoms with Crippen LogP contribution < -0.4 is 10.6 Å². The Kier molecular flexibility index (Phi) is 3.97. The molecule has 0 atom stereocenters. The molecule has 3 nitrogen and oxygen atoms in total. The Hall–Kier alpha value is -1.42. The van der Waals surface area contributed by atoms with E-state index in [-0.39, 0.29) is 11.8 Å². The van der Waals surface area contributed by atoms with Gasteiger partial charge in [-0.25, -0.2) is 0 Å². The summed E-state index contributed by atoms with van der Waals surface area (Å²) in [6, 6.07) is 7.53. The topological polar surface area (TPSA) is 46.3 Å². The van der Waals surface area contributed by atoms with Crippen molar-refractivity contribution in [1.29, 1.82) is 0 Å². The Morgan fingerprint density at radius 2 is 1.94 bits per heavy atom. The number of benzene rings is 1. The van der Waals surface area contributed by atoms with Crippen LogP contribution in [0, 0.1) is 5.92 Å². The van der Waals surface area contributed by atoms with Gasteiger partial charge in [-0.1, -0.05) is 37.2 Å². The number of thiocarbonyl (C=S) groups is 1. The third-order valence-corrected chi connectivity index (χ3v) is 3.79. The molecule has 1 fully saturated rings. The predicted molar refractivity (Wildman–Crippen MR) is 77.7 cm³/mol. The minimum Gasteiger partial charge on any atom is -0.389 e. The highest BCUT2D eigenvalue weighted by Crippen LogP contribution is 2.29. The Balaban J connectivity index is 2.25. The standard InChI is InChI=1S/C14H18N2OS/c1-16(14(17)10-6-2-3-7-10)12-9-5-4-8-11(12)13(15)18/h4-5,8-10H,2-3,6-7H2,1H3,(H2,15,18). The van der Waals surface area contributed by atoms with Crippen LogP contribution in [0.5, 0.6) is 0 Å². The van der Waals surface area contributed by atoms with E-state index < -0.39 is 0 Å². The molecule has 1 aliphatic carbocycles. The van der Waals surface area contributed by atoms with Crippen LogP contribution in [0.25, 0.3) is 0 Å². The lowest BCUT2D eigenvalue weighted by Gasteiger charge is -2.23. The average Bonchev–Trinajstić information content (AvgIpc) is 2.90. The quantitative estimate of drug-likeness (QED) is 0.851. The lowest BCUT2D eigenvalue weighted by Crippen LogP contribution is -2.33. The first-order chi connectivity index (χ1) is 8.61. The molecule has 0 spiro atoms. The van der Waals surface area contributed by atoms with Crippen LogP contribution in [-0.4, -0.2) is 17.9 Å².